The summed E-state index contributed by atoms with van der Waals surface area (Å²) >= 11 is 0. The Morgan fingerprint density at radius 1 is 1.53 bits per heavy atom. The van der Waals surface area contributed by atoms with E-state index < -0.39 is 0 Å². The van der Waals surface area contributed by atoms with Crippen LogP contribution in [0.5, 0.6) is 0 Å². The Kier molecular flexibility index (Phi) is 3.87. The smallest absolute Gasteiger partial charge is 0.0666 e. The number of rotatable bonds is 4. The monoisotopic (exact) mass is 206 g/mol. The number of nitrogens with zero attached hydrogens (tertiary/aromatic N) is 3. The predicted molar refractivity (Wildman–Crippen MR) is 59.2 cm³/mol. The minimum Gasteiger partial charge on any atom is -0.311 e. The number of hydrogen-bond donors (Lipinski definition) is 1. The predicted octanol–water partition coefficient (Wildman–Crippen LogP) is 1.29. The van der Waals surface area contributed by atoms with Crippen molar-refractivity contribution in [1.82, 2.24) is 15.1 Å². The molecule has 1 heterocycles. The summed E-state index contributed by atoms with van der Waals surface area (Å²) in [6.45, 7) is 7.50. The van der Waals surface area contributed by atoms with Gasteiger partial charge in [-0.3, -0.25) is 4.68 Å². The molecule has 0 aliphatic carbocycles. The fourth-order valence-electron chi connectivity index (χ4n) is 1.53. The molecule has 0 bridgehead atoms. The first-order chi connectivity index (χ1) is 7.06. The van der Waals surface area contributed by atoms with Crippen molar-refractivity contribution in [3.63, 3.8) is 0 Å². The first kappa shape index (κ1) is 11.7. The highest BCUT2D eigenvalue weighted by Crippen LogP contribution is 2.11. The van der Waals surface area contributed by atoms with Crippen LogP contribution in [0.4, 0.5) is 0 Å². The van der Waals surface area contributed by atoms with Crippen LogP contribution in [0.2, 0.25) is 0 Å². The Morgan fingerprint density at radius 3 is 2.67 bits per heavy atom. The fourth-order valence-corrected chi connectivity index (χ4v) is 1.53. The average Bonchev–Trinajstić information content (AvgIpc) is 2.44. The second-order valence-electron chi connectivity index (χ2n) is 3.93. The Morgan fingerprint density at radius 2 is 2.20 bits per heavy atom. The molecule has 4 nitrogen and oxygen atoms in total. The average molecular weight is 206 g/mol. The molecule has 0 saturated carbocycles. The molecule has 0 amide bonds. The molecule has 1 aromatic heterocycles. The third-order valence-electron chi connectivity index (χ3n) is 2.63. The van der Waals surface area contributed by atoms with E-state index in [2.05, 4.69) is 23.4 Å². The van der Waals surface area contributed by atoms with E-state index in [0.29, 0.717) is 0 Å². The molecule has 4 heteroatoms. The zero-order chi connectivity index (χ0) is 11.4. The van der Waals surface area contributed by atoms with Crippen LogP contribution in [-0.4, -0.2) is 16.3 Å². The molecule has 0 aliphatic rings. The van der Waals surface area contributed by atoms with Crippen LogP contribution in [0.25, 0.3) is 0 Å². The molecule has 0 aromatic carbocycles. The SMILES string of the molecule is Cc1nn(C)c(C)c1CNCC(C)C#N. The van der Waals surface area contributed by atoms with Gasteiger partial charge in [-0.25, -0.2) is 0 Å². The normalized spacial score (nSPS) is 12.5. The van der Waals surface area contributed by atoms with Crippen LogP contribution in [0, 0.1) is 31.1 Å². The maximum atomic E-state index is 8.64. The molecular weight excluding hydrogens is 188 g/mol. The summed E-state index contributed by atoms with van der Waals surface area (Å²) < 4.78 is 1.89. The van der Waals surface area contributed by atoms with Gasteiger partial charge in [0.25, 0.3) is 0 Å². The lowest BCUT2D eigenvalue weighted by Crippen LogP contribution is -2.20. The second-order valence-corrected chi connectivity index (χ2v) is 3.93. The Balaban J connectivity index is 2.55. The van der Waals surface area contributed by atoms with E-state index in [1.807, 2.05) is 25.6 Å². The van der Waals surface area contributed by atoms with Crippen molar-refractivity contribution in [2.75, 3.05) is 6.54 Å². The van der Waals surface area contributed by atoms with E-state index in [1.165, 1.54) is 11.3 Å². The largest absolute Gasteiger partial charge is 0.311 e. The van der Waals surface area contributed by atoms with Gasteiger partial charge in [0.1, 0.15) is 0 Å². The molecule has 1 rings (SSSR count). The molecule has 0 saturated heterocycles. The lowest BCUT2D eigenvalue weighted by atomic mass is 10.1. The van der Waals surface area contributed by atoms with Crippen LogP contribution in [0.1, 0.15) is 23.9 Å². The molecule has 1 atom stereocenters. The topological polar surface area (TPSA) is 53.6 Å². The van der Waals surface area contributed by atoms with E-state index >= 15 is 0 Å². The first-order valence-corrected chi connectivity index (χ1v) is 5.15. The lowest BCUT2D eigenvalue weighted by Gasteiger charge is -2.06. The molecule has 0 aliphatic heterocycles. The molecule has 0 fully saturated rings. The third kappa shape index (κ3) is 2.80. The molecule has 1 aromatic rings. The number of hydrogen-bond acceptors (Lipinski definition) is 3. The molecule has 0 spiro atoms. The minimum absolute atomic E-state index is 0.0577. The molecule has 1 unspecified atom stereocenters. The summed E-state index contributed by atoms with van der Waals surface area (Å²) in [5, 5.41) is 16.3. The van der Waals surface area contributed by atoms with Crippen molar-refractivity contribution < 1.29 is 0 Å². The van der Waals surface area contributed by atoms with E-state index in [-0.39, 0.29) is 5.92 Å². The summed E-state index contributed by atoms with van der Waals surface area (Å²) in [5.41, 5.74) is 3.49. The number of nitriles is 1. The van der Waals surface area contributed by atoms with Gasteiger partial charge < -0.3 is 5.32 Å². The van der Waals surface area contributed by atoms with Crippen molar-refractivity contribution in [3.8, 4) is 6.07 Å². The third-order valence-corrected chi connectivity index (χ3v) is 2.63. The van der Waals surface area contributed by atoms with Crippen LogP contribution in [0.3, 0.4) is 0 Å². The highest BCUT2D eigenvalue weighted by atomic mass is 15.3. The summed E-state index contributed by atoms with van der Waals surface area (Å²) in [5.74, 6) is 0.0577. The molecule has 82 valence electrons. The molecule has 1 N–H and O–H groups in total. The van der Waals surface area contributed by atoms with Gasteiger partial charge in [-0.1, -0.05) is 0 Å². The number of nitrogens with one attached hydrogen (secondary N) is 1. The van der Waals surface area contributed by atoms with Crippen LogP contribution in [-0.2, 0) is 13.6 Å². The van der Waals surface area contributed by atoms with Crippen molar-refractivity contribution >= 4 is 0 Å². The molecule has 15 heavy (non-hydrogen) atoms. The minimum atomic E-state index is 0.0577. The van der Waals surface area contributed by atoms with Crippen molar-refractivity contribution in [1.29, 1.82) is 5.26 Å². The van der Waals surface area contributed by atoms with Gasteiger partial charge in [0.2, 0.25) is 0 Å². The first-order valence-electron chi connectivity index (χ1n) is 5.15. The highest BCUT2D eigenvalue weighted by molar-refractivity contribution is 5.23. The molecular formula is C11H18N4. The lowest BCUT2D eigenvalue weighted by molar-refractivity contribution is 0.598. The summed E-state index contributed by atoms with van der Waals surface area (Å²) in [4.78, 5) is 0. The molecule has 0 radical (unpaired) electrons. The quantitative estimate of drug-likeness (QED) is 0.807. The van der Waals surface area contributed by atoms with Gasteiger partial charge >= 0.3 is 0 Å². The Hall–Kier alpha value is -1.34. The van der Waals surface area contributed by atoms with Gasteiger partial charge in [0, 0.05) is 31.4 Å². The second kappa shape index (κ2) is 4.94. The van der Waals surface area contributed by atoms with E-state index in [9.17, 15) is 0 Å². The van der Waals surface area contributed by atoms with E-state index in [4.69, 9.17) is 5.26 Å². The standard InChI is InChI=1S/C11H18N4/c1-8(5-12)6-13-7-11-9(2)14-15(4)10(11)3/h8,13H,6-7H2,1-4H3. The van der Waals surface area contributed by atoms with Gasteiger partial charge in [0.15, 0.2) is 0 Å². The van der Waals surface area contributed by atoms with E-state index in [0.717, 1.165) is 18.8 Å². The zero-order valence-corrected chi connectivity index (χ0v) is 9.83. The van der Waals surface area contributed by atoms with Gasteiger partial charge in [-0.2, -0.15) is 10.4 Å². The Labute approximate surface area is 90.9 Å². The fraction of sp³-hybridized carbons (Fsp3) is 0.636. The zero-order valence-electron chi connectivity index (χ0n) is 9.83. The maximum Gasteiger partial charge on any atom is 0.0666 e. The van der Waals surface area contributed by atoms with Gasteiger partial charge in [0.05, 0.1) is 17.7 Å². The Bertz CT molecular complexity index is 373. The van der Waals surface area contributed by atoms with Crippen molar-refractivity contribution in [2.45, 2.75) is 27.3 Å². The van der Waals surface area contributed by atoms with E-state index in [1.54, 1.807) is 0 Å². The number of aryl methyl sites for hydroxylation is 2. The van der Waals surface area contributed by atoms with Crippen LogP contribution in [0.15, 0.2) is 0 Å². The number of aromatic nitrogens is 2. The maximum absolute atomic E-state index is 8.64. The van der Waals surface area contributed by atoms with Crippen LogP contribution >= 0.6 is 0 Å². The van der Waals surface area contributed by atoms with Crippen molar-refractivity contribution in [3.05, 3.63) is 17.0 Å². The van der Waals surface area contributed by atoms with Crippen molar-refractivity contribution in [2.24, 2.45) is 13.0 Å². The summed E-state index contributed by atoms with van der Waals surface area (Å²) in [6.07, 6.45) is 0. The highest BCUT2D eigenvalue weighted by Gasteiger charge is 2.08. The van der Waals surface area contributed by atoms with Gasteiger partial charge in [-0.05, 0) is 20.8 Å². The van der Waals surface area contributed by atoms with Gasteiger partial charge in [-0.15, -0.1) is 0 Å². The summed E-state index contributed by atoms with van der Waals surface area (Å²) in [6, 6.07) is 2.20. The van der Waals surface area contributed by atoms with Crippen LogP contribution < -0.4 is 5.32 Å². The summed E-state index contributed by atoms with van der Waals surface area (Å²) in [7, 11) is 1.95.